The Labute approximate surface area is 211 Å². The van der Waals surface area contributed by atoms with E-state index in [1.807, 2.05) is 33.3 Å². The molecule has 35 heavy (non-hydrogen) atoms. The second-order valence-corrected chi connectivity index (χ2v) is 11.4. The molecule has 1 aromatic rings. The average Bonchev–Trinajstić information content (AvgIpc) is 3.31. The van der Waals surface area contributed by atoms with E-state index in [9.17, 15) is 17.3 Å². The van der Waals surface area contributed by atoms with Gasteiger partial charge in [-0.05, 0) is 33.6 Å². The third-order valence-electron chi connectivity index (χ3n) is 5.91. The summed E-state index contributed by atoms with van der Waals surface area (Å²) in [6.07, 6.45) is 20.1. The Bertz CT molecular complexity index is 575. The van der Waals surface area contributed by atoms with Gasteiger partial charge in [-0.1, -0.05) is 71.6 Å². The Kier molecular flexibility index (Phi) is 19.7. The van der Waals surface area contributed by atoms with Gasteiger partial charge in [0, 0.05) is 43.8 Å². The lowest BCUT2D eigenvalue weighted by Crippen LogP contribution is -2.52. The lowest BCUT2D eigenvalue weighted by atomic mass is 10.0. The van der Waals surface area contributed by atoms with E-state index in [0.29, 0.717) is 25.9 Å². The molecule has 208 valence electrons. The fraction of sp³-hybridized carbons (Fsp3) is 0.875. The van der Waals surface area contributed by atoms with Crippen molar-refractivity contribution in [3.63, 3.8) is 0 Å². The second-order valence-electron chi connectivity index (χ2n) is 8.61. The minimum absolute atomic E-state index is 0.237. The maximum absolute atomic E-state index is 9.75. The number of hydrogen-bond acceptors (Lipinski definition) is 4. The Morgan fingerprint density at radius 2 is 1.23 bits per heavy atom. The largest absolute Gasteiger partial charge is 0.673 e. The third-order valence-corrected chi connectivity index (χ3v) is 9.68. The van der Waals surface area contributed by atoms with Crippen molar-refractivity contribution < 1.29 is 30.5 Å². The first kappa shape index (κ1) is 34.1. The van der Waals surface area contributed by atoms with Crippen molar-refractivity contribution in [2.24, 2.45) is 0 Å². The number of halogens is 4. The number of nitrogens with zero attached hydrogens (tertiary/aromatic N) is 2. The van der Waals surface area contributed by atoms with E-state index in [0.717, 1.165) is 12.8 Å². The first-order valence-electron chi connectivity index (χ1n) is 13.4. The van der Waals surface area contributed by atoms with Crippen LogP contribution in [0.4, 0.5) is 17.3 Å². The highest BCUT2D eigenvalue weighted by Gasteiger charge is 2.51. The normalized spacial score (nSPS) is 13.9. The highest BCUT2D eigenvalue weighted by atomic mass is 28.4. The molecule has 0 saturated heterocycles. The van der Waals surface area contributed by atoms with Crippen molar-refractivity contribution >= 4 is 16.1 Å². The van der Waals surface area contributed by atoms with Gasteiger partial charge in [0.15, 0.2) is 0 Å². The summed E-state index contributed by atoms with van der Waals surface area (Å²) in [6, 6.07) is 0.304. The summed E-state index contributed by atoms with van der Waals surface area (Å²) in [6.45, 7) is 12.5. The van der Waals surface area contributed by atoms with E-state index in [1.165, 1.54) is 57.8 Å². The summed E-state index contributed by atoms with van der Waals surface area (Å²) in [5, 5.41) is 0. The van der Waals surface area contributed by atoms with Gasteiger partial charge in [-0.3, -0.25) is 0 Å². The van der Waals surface area contributed by atoms with Gasteiger partial charge in [-0.2, -0.15) is 0 Å². The van der Waals surface area contributed by atoms with Gasteiger partial charge in [0.1, 0.15) is 0 Å². The molecule has 1 aromatic heterocycles. The number of imidazole rings is 1. The molecule has 0 saturated carbocycles. The molecule has 0 radical (unpaired) electrons. The highest BCUT2D eigenvalue weighted by Crippen LogP contribution is 2.41. The minimum Gasteiger partial charge on any atom is -0.418 e. The van der Waals surface area contributed by atoms with E-state index >= 15 is 0 Å². The molecule has 0 N–H and O–H groups in total. The molecule has 1 rings (SSSR count). The summed E-state index contributed by atoms with van der Waals surface area (Å²) in [5.74, 6) is 0. The summed E-state index contributed by atoms with van der Waals surface area (Å²) < 4.78 is 60.1. The first-order valence-corrected chi connectivity index (χ1v) is 15.3. The molecule has 0 spiro atoms. The molecule has 0 fully saturated rings. The van der Waals surface area contributed by atoms with Crippen LogP contribution in [0.5, 0.6) is 0 Å². The molecule has 11 heteroatoms. The Morgan fingerprint density at radius 1 is 0.771 bits per heavy atom. The van der Waals surface area contributed by atoms with Crippen LogP contribution in [-0.2, 0) is 13.3 Å². The van der Waals surface area contributed by atoms with Crippen molar-refractivity contribution in [3.05, 3.63) is 18.7 Å². The molecule has 0 aliphatic carbocycles. The fourth-order valence-electron chi connectivity index (χ4n) is 4.50. The minimum atomic E-state index is -6.00. The maximum Gasteiger partial charge on any atom is 0.673 e. The zero-order valence-corrected chi connectivity index (χ0v) is 23.5. The number of rotatable bonds is 20. The molecule has 0 aliphatic rings. The lowest BCUT2D eigenvalue weighted by Gasteiger charge is -2.39. The van der Waals surface area contributed by atoms with E-state index < -0.39 is 16.1 Å². The quantitative estimate of drug-likeness (QED) is 0.0969. The molecule has 2 unspecified atom stereocenters. The highest BCUT2D eigenvalue weighted by molar-refractivity contribution is 6.62. The van der Waals surface area contributed by atoms with Gasteiger partial charge in [0.05, 0.1) is 6.33 Å². The van der Waals surface area contributed by atoms with Gasteiger partial charge >= 0.3 is 16.1 Å². The van der Waals surface area contributed by atoms with Gasteiger partial charge in [-0.25, -0.2) is 4.98 Å². The van der Waals surface area contributed by atoms with Crippen molar-refractivity contribution in [3.8, 4) is 0 Å². The molecular formula is C24H48BF4N2O3Si-. The van der Waals surface area contributed by atoms with Gasteiger partial charge in [-0.15, -0.1) is 0 Å². The summed E-state index contributed by atoms with van der Waals surface area (Å²) in [7, 11) is -8.79. The van der Waals surface area contributed by atoms with E-state index in [1.54, 1.807) is 0 Å². The van der Waals surface area contributed by atoms with Crippen molar-refractivity contribution in [1.29, 1.82) is 0 Å². The van der Waals surface area contributed by atoms with E-state index in [-0.39, 0.29) is 5.54 Å². The van der Waals surface area contributed by atoms with Crippen LogP contribution in [0.25, 0.3) is 0 Å². The van der Waals surface area contributed by atoms with Gasteiger partial charge < -0.3 is 35.1 Å². The molecule has 1 heterocycles. The molecule has 2 atom stereocenters. The number of aromatic nitrogens is 2. The van der Waals surface area contributed by atoms with E-state index in [2.05, 4.69) is 29.6 Å². The Balaban J connectivity index is 0.00000209. The van der Waals surface area contributed by atoms with Crippen LogP contribution in [0.1, 0.15) is 111 Å². The zero-order valence-electron chi connectivity index (χ0n) is 22.5. The topological polar surface area (TPSA) is 45.5 Å². The van der Waals surface area contributed by atoms with Crippen molar-refractivity contribution in [2.45, 2.75) is 117 Å². The molecule has 5 nitrogen and oxygen atoms in total. The van der Waals surface area contributed by atoms with Gasteiger partial charge in [0.25, 0.3) is 0 Å². The SMILES string of the molecule is CCCCCCCCCCCC(C(CC)[Si](OCC)(OCC)OCC)n1ccnc1.F[B-](F)(F)F. The van der Waals surface area contributed by atoms with Crippen LogP contribution in [0, 0.1) is 0 Å². The molecule has 0 aliphatic heterocycles. The van der Waals surface area contributed by atoms with Crippen LogP contribution >= 0.6 is 0 Å². The number of hydrogen-bond donors (Lipinski definition) is 0. The Hall–Kier alpha value is -0.908. The molecule has 0 amide bonds. The summed E-state index contributed by atoms with van der Waals surface area (Å²) >= 11 is 0. The second kappa shape index (κ2) is 20.2. The summed E-state index contributed by atoms with van der Waals surface area (Å²) in [5.41, 5.74) is 0.237. The van der Waals surface area contributed by atoms with Gasteiger partial charge in [0.2, 0.25) is 0 Å². The van der Waals surface area contributed by atoms with Crippen LogP contribution < -0.4 is 0 Å². The average molecular weight is 528 g/mol. The fourth-order valence-corrected chi connectivity index (χ4v) is 7.90. The Morgan fingerprint density at radius 3 is 1.60 bits per heavy atom. The third kappa shape index (κ3) is 15.7. The monoisotopic (exact) mass is 527 g/mol. The predicted octanol–water partition coefficient (Wildman–Crippen LogP) is 8.47. The lowest BCUT2D eigenvalue weighted by molar-refractivity contribution is 0.0525. The molecule has 0 bridgehead atoms. The van der Waals surface area contributed by atoms with Crippen LogP contribution in [0.3, 0.4) is 0 Å². The molecular weight excluding hydrogens is 479 g/mol. The summed E-state index contributed by atoms with van der Waals surface area (Å²) in [4.78, 5) is 4.33. The van der Waals surface area contributed by atoms with Crippen molar-refractivity contribution in [1.82, 2.24) is 9.55 Å². The smallest absolute Gasteiger partial charge is 0.418 e. The standard InChI is InChI=1S/C24H48N2O3Si.BF4/c1-6-11-12-13-14-15-16-17-18-19-23(26-21-20-25-22-26)24(7-2)30(27-8-3,28-9-4)29-10-5;2-1(3,4)5/h20-24H,6-19H2,1-5H3;/q;-1. The maximum atomic E-state index is 9.75. The first-order chi connectivity index (χ1) is 16.7. The van der Waals surface area contributed by atoms with Crippen LogP contribution in [0.2, 0.25) is 5.54 Å². The predicted molar refractivity (Wildman–Crippen MR) is 138 cm³/mol. The molecule has 0 aromatic carbocycles. The van der Waals surface area contributed by atoms with Crippen molar-refractivity contribution in [2.75, 3.05) is 19.8 Å². The zero-order chi connectivity index (χ0) is 26.6. The number of unbranched alkanes of at least 4 members (excludes halogenated alkanes) is 8. The van der Waals surface area contributed by atoms with E-state index in [4.69, 9.17) is 13.3 Å². The van der Waals surface area contributed by atoms with Crippen LogP contribution in [0.15, 0.2) is 18.7 Å². The van der Waals surface area contributed by atoms with Crippen LogP contribution in [-0.4, -0.2) is 45.4 Å².